The highest BCUT2D eigenvalue weighted by Gasteiger charge is 2.24. The van der Waals surface area contributed by atoms with Crippen molar-refractivity contribution < 1.29 is 14.6 Å². The monoisotopic (exact) mass is 494 g/mol. The molecular formula is C28H26N6O3. The van der Waals surface area contributed by atoms with Crippen molar-refractivity contribution in [2.24, 2.45) is 5.10 Å². The molecule has 0 radical (unpaired) electrons. The van der Waals surface area contributed by atoms with Crippen molar-refractivity contribution in [2.45, 2.75) is 20.8 Å². The molecule has 0 saturated heterocycles. The van der Waals surface area contributed by atoms with Crippen LogP contribution in [0.1, 0.15) is 34.0 Å². The van der Waals surface area contributed by atoms with Crippen LogP contribution in [0.25, 0.3) is 22.2 Å². The molecule has 0 spiro atoms. The average Bonchev–Trinajstić information content (AvgIpc) is 3.15. The maximum Gasteiger partial charge on any atom is 0.261 e. The van der Waals surface area contributed by atoms with Gasteiger partial charge >= 0.3 is 0 Å². The molecule has 37 heavy (non-hydrogen) atoms. The van der Waals surface area contributed by atoms with Gasteiger partial charge in [0.25, 0.3) is 5.91 Å². The Hall–Kier alpha value is -4.92. The molecule has 4 N–H and O–H groups in total. The smallest absolute Gasteiger partial charge is 0.261 e. The summed E-state index contributed by atoms with van der Waals surface area (Å²) in [6, 6.07) is 18.0. The van der Waals surface area contributed by atoms with Crippen molar-refractivity contribution in [1.82, 2.24) is 14.6 Å². The SMILES string of the molecule is CCOc1cc(/C=N\n2c(N)c(C(=O)Nc3ccc(C)c(C)c3)c3nc4ccccc4nc32)ccc1O. The van der Waals surface area contributed by atoms with Gasteiger partial charge in [-0.25, -0.2) is 9.97 Å². The number of hydrogen-bond donors (Lipinski definition) is 3. The van der Waals surface area contributed by atoms with E-state index in [0.29, 0.717) is 45.8 Å². The number of carbonyl (C=O) groups excluding carboxylic acids is 1. The lowest BCUT2D eigenvalue weighted by atomic mass is 10.1. The van der Waals surface area contributed by atoms with Crippen molar-refractivity contribution in [3.05, 3.63) is 82.9 Å². The number of carbonyl (C=O) groups is 1. The van der Waals surface area contributed by atoms with Crippen LogP contribution in [0.4, 0.5) is 11.5 Å². The second-order valence-corrected chi connectivity index (χ2v) is 8.61. The molecule has 5 rings (SSSR count). The van der Waals surface area contributed by atoms with E-state index in [-0.39, 0.29) is 17.1 Å². The summed E-state index contributed by atoms with van der Waals surface area (Å²) in [6.07, 6.45) is 1.56. The van der Waals surface area contributed by atoms with E-state index >= 15 is 0 Å². The number of amides is 1. The van der Waals surface area contributed by atoms with Gasteiger partial charge in [0.15, 0.2) is 17.1 Å². The van der Waals surface area contributed by atoms with Gasteiger partial charge in [-0.2, -0.15) is 9.78 Å². The van der Waals surface area contributed by atoms with Crippen LogP contribution in [0, 0.1) is 13.8 Å². The Morgan fingerprint density at radius 3 is 2.57 bits per heavy atom. The molecule has 5 aromatic rings. The van der Waals surface area contributed by atoms with Gasteiger partial charge in [-0.05, 0) is 79.9 Å². The van der Waals surface area contributed by atoms with Gasteiger partial charge in [0.2, 0.25) is 0 Å². The molecule has 2 aromatic heterocycles. The number of phenols is 1. The summed E-state index contributed by atoms with van der Waals surface area (Å²) in [4.78, 5) is 22.9. The third-order valence-corrected chi connectivity index (χ3v) is 6.07. The molecule has 0 atom stereocenters. The van der Waals surface area contributed by atoms with E-state index in [2.05, 4.69) is 10.4 Å². The molecular weight excluding hydrogens is 468 g/mol. The Morgan fingerprint density at radius 1 is 1.08 bits per heavy atom. The largest absolute Gasteiger partial charge is 0.504 e. The Kier molecular flexibility index (Phi) is 6.19. The molecule has 186 valence electrons. The quantitative estimate of drug-likeness (QED) is 0.284. The number of nitrogens with two attached hydrogens (primary N) is 1. The summed E-state index contributed by atoms with van der Waals surface area (Å²) < 4.78 is 6.86. The molecule has 3 aromatic carbocycles. The molecule has 0 bridgehead atoms. The number of aromatic nitrogens is 3. The van der Waals surface area contributed by atoms with E-state index in [1.54, 1.807) is 18.3 Å². The first-order valence-electron chi connectivity index (χ1n) is 11.8. The predicted molar refractivity (Wildman–Crippen MR) is 146 cm³/mol. The van der Waals surface area contributed by atoms with E-state index < -0.39 is 5.91 Å². The number of hydrogen-bond acceptors (Lipinski definition) is 7. The average molecular weight is 495 g/mol. The lowest BCUT2D eigenvalue weighted by Crippen LogP contribution is -2.14. The van der Waals surface area contributed by atoms with Crippen molar-refractivity contribution in [3.63, 3.8) is 0 Å². The van der Waals surface area contributed by atoms with Gasteiger partial charge in [-0.1, -0.05) is 18.2 Å². The van der Waals surface area contributed by atoms with Crippen molar-refractivity contribution in [1.29, 1.82) is 0 Å². The maximum absolute atomic E-state index is 13.5. The zero-order valence-corrected chi connectivity index (χ0v) is 20.7. The molecule has 9 heteroatoms. The lowest BCUT2D eigenvalue weighted by Gasteiger charge is -2.08. The molecule has 0 fully saturated rings. The molecule has 0 aliphatic rings. The number of nitrogens with one attached hydrogen (secondary N) is 1. The normalized spacial score (nSPS) is 11.4. The van der Waals surface area contributed by atoms with Gasteiger partial charge in [0, 0.05) is 5.69 Å². The fourth-order valence-corrected chi connectivity index (χ4v) is 4.01. The number of para-hydroxylation sites is 2. The predicted octanol–water partition coefficient (Wildman–Crippen LogP) is 5.02. The van der Waals surface area contributed by atoms with Gasteiger partial charge in [-0.3, -0.25) is 4.79 Å². The second kappa shape index (κ2) is 9.62. The number of aryl methyl sites for hydroxylation is 2. The summed E-state index contributed by atoms with van der Waals surface area (Å²) in [6.45, 7) is 6.24. The summed E-state index contributed by atoms with van der Waals surface area (Å²) >= 11 is 0. The van der Waals surface area contributed by atoms with Crippen molar-refractivity contribution in [3.8, 4) is 11.5 Å². The summed E-state index contributed by atoms with van der Waals surface area (Å²) in [5.41, 5.74) is 12.2. The first-order chi connectivity index (χ1) is 17.9. The van der Waals surface area contributed by atoms with E-state index in [4.69, 9.17) is 20.4 Å². The van der Waals surface area contributed by atoms with Crippen LogP contribution < -0.4 is 15.8 Å². The number of ether oxygens (including phenoxy) is 1. The Balaban J connectivity index is 1.62. The fraction of sp³-hybridized carbons (Fsp3) is 0.143. The zero-order valence-electron chi connectivity index (χ0n) is 20.7. The third-order valence-electron chi connectivity index (χ3n) is 6.07. The van der Waals surface area contributed by atoms with Crippen LogP contribution in [0.5, 0.6) is 11.5 Å². The molecule has 2 heterocycles. The van der Waals surface area contributed by atoms with Crippen LogP contribution in [-0.4, -0.2) is 38.5 Å². The van der Waals surface area contributed by atoms with E-state index in [0.717, 1.165) is 11.1 Å². The first kappa shape index (κ1) is 23.8. The van der Waals surface area contributed by atoms with Gasteiger partial charge in [-0.15, -0.1) is 0 Å². The van der Waals surface area contributed by atoms with Crippen LogP contribution in [0.15, 0.2) is 65.8 Å². The Bertz CT molecular complexity index is 1690. The van der Waals surface area contributed by atoms with Crippen molar-refractivity contribution in [2.75, 3.05) is 17.7 Å². The number of fused-ring (bicyclic) bond motifs is 2. The lowest BCUT2D eigenvalue weighted by molar-refractivity contribution is 0.102. The van der Waals surface area contributed by atoms with Crippen LogP contribution in [0.2, 0.25) is 0 Å². The van der Waals surface area contributed by atoms with Crippen LogP contribution >= 0.6 is 0 Å². The molecule has 1 amide bonds. The third kappa shape index (κ3) is 4.54. The minimum Gasteiger partial charge on any atom is -0.504 e. The highest BCUT2D eigenvalue weighted by Crippen LogP contribution is 2.30. The number of anilines is 2. The molecule has 0 aliphatic carbocycles. The van der Waals surface area contributed by atoms with Gasteiger partial charge in [0.1, 0.15) is 16.9 Å². The minimum absolute atomic E-state index is 0.0348. The highest BCUT2D eigenvalue weighted by atomic mass is 16.5. The summed E-state index contributed by atoms with van der Waals surface area (Å²) in [5.74, 6) is 0.0721. The minimum atomic E-state index is -0.410. The number of nitrogen functional groups attached to an aromatic ring is 1. The number of phenolic OH excluding ortho intramolecular Hbond substituents is 1. The molecule has 0 saturated carbocycles. The molecule has 9 nitrogen and oxygen atoms in total. The number of rotatable bonds is 6. The maximum atomic E-state index is 13.5. The first-order valence-corrected chi connectivity index (χ1v) is 11.8. The molecule has 0 unspecified atom stereocenters. The van der Waals surface area contributed by atoms with Gasteiger partial charge < -0.3 is 20.9 Å². The Labute approximate surface area is 213 Å². The Morgan fingerprint density at radius 2 is 1.84 bits per heavy atom. The zero-order chi connectivity index (χ0) is 26.1. The van der Waals surface area contributed by atoms with Crippen LogP contribution in [-0.2, 0) is 0 Å². The number of benzene rings is 3. The summed E-state index contributed by atoms with van der Waals surface area (Å²) in [5, 5.41) is 17.4. The number of nitrogens with zero attached hydrogens (tertiary/aromatic N) is 4. The second-order valence-electron chi connectivity index (χ2n) is 8.61. The van der Waals surface area contributed by atoms with Gasteiger partial charge in [0.05, 0.1) is 23.9 Å². The standard InChI is InChI=1S/C28H26N6O3/c1-4-37-23-14-18(10-12-22(23)35)15-30-34-26(29)24(28(36)31-19-11-9-16(2)17(3)13-19)25-27(34)33-21-8-6-5-7-20(21)32-25/h5-15,35H,4,29H2,1-3H3,(H,31,36)/b30-15-. The van der Waals surface area contributed by atoms with E-state index in [1.807, 2.05) is 63.2 Å². The van der Waals surface area contributed by atoms with Crippen LogP contribution in [0.3, 0.4) is 0 Å². The number of aromatic hydroxyl groups is 1. The molecule has 0 aliphatic heterocycles. The highest BCUT2D eigenvalue weighted by molar-refractivity contribution is 6.16. The van der Waals surface area contributed by atoms with E-state index in [1.165, 1.54) is 10.7 Å². The van der Waals surface area contributed by atoms with E-state index in [9.17, 15) is 9.90 Å². The summed E-state index contributed by atoms with van der Waals surface area (Å²) in [7, 11) is 0. The topological polar surface area (TPSA) is 128 Å². The fourth-order valence-electron chi connectivity index (χ4n) is 4.01. The van der Waals surface area contributed by atoms with Crippen molar-refractivity contribution >= 4 is 45.8 Å².